The van der Waals surface area contributed by atoms with E-state index in [1.165, 1.54) is 0 Å². The van der Waals surface area contributed by atoms with E-state index in [0.29, 0.717) is 5.15 Å². The second-order valence-corrected chi connectivity index (χ2v) is 5.06. The number of para-hydroxylation sites is 1. The van der Waals surface area contributed by atoms with Crippen molar-refractivity contribution in [3.63, 3.8) is 0 Å². The Morgan fingerprint density at radius 3 is 2.50 bits per heavy atom. The number of fused-ring (bicyclic) bond motifs is 3. The Morgan fingerprint density at radius 1 is 0.800 bits per heavy atom. The van der Waals surface area contributed by atoms with Crippen LogP contribution in [-0.4, -0.2) is 4.98 Å². The molecular weight excluding hydrogens is 270 g/mol. The molecule has 0 saturated heterocycles. The largest absolute Gasteiger partial charge is 0.456 e. The zero-order valence-electron chi connectivity index (χ0n) is 10.5. The smallest absolute Gasteiger partial charge is 0.135 e. The summed E-state index contributed by atoms with van der Waals surface area (Å²) in [4.78, 5) is 4.01. The summed E-state index contributed by atoms with van der Waals surface area (Å²) in [6.07, 6.45) is 1.72. The van der Waals surface area contributed by atoms with E-state index in [0.717, 1.165) is 33.1 Å². The summed E-state index contributed by atoms with van der Waals surface area (Å²) in [6.45, 7) is 0. The second-order valence-electron chi connectivity index (χ2n) is 4.68. The number of furan rings is 1. The molecule has 2 aromatic heterocycles. The minimum atomic E-state index is 0.500. The van der Waals surface area contributed by atoms with Crippen LogP contribution in [0.4, 0.5) is 0 Å². The molecule has 0 saturated carbocycles. The minimum absolute atomic E-state index is 0.500. The third-order valence-corrected chi connectivity index (χ3v) is 3.64. The lowest BCUT2D eigenvalue weighted by Gasteiger charge is -2.01. The van der Waals surface area contributed by atoms with Gasteiger partial charge in [0.15, 0.2) is 0 Å². The molecule has 0 radical (unpaired) electrons. The lowest BCUT2D eigenvalue weighted by molar-refractivity contribution is 0.669. The first kappa shape index (κ1) is 11.5. The fraction of sp³-hybridized carbons (Fsp3) is 0. The monoisotopic (exact) mass is 279 g/mol. The highest BCUT2D eigenvalue weighted by atomic mass is 35.5. The molecule has 0 unspecified atom stereocenters. The van der Waals surface area contributed by atoms with Crippen molar-refractivity contribution in [3.05, 3.63) is 65.9 Å². The van der Waals surface area contributed by atoms with Crippen LogP contribution in [0.1, 0.15) is 0 Å². The van der Waals surface area contributed by atoms with E-state index in [9.17, 15) is 0 Å². The van der Waals surface area contributed by atoms with Gasteiger partial charge in [0.2, 0.25) is 0 Å². The molecule has 2 heterocycles. The van der Waals surface area contributed by atoms with E-state index in [2.05, 4.69) is 17.1 Å². The van der Waals surface area contributed by atoms with Crippen LogP contribution in [0.5, 0.6) is 0 Å². The maximum absolute atomic E-state index is 5.96. The quantitative estimate of drug-likeness (QED) is 0.442. The average Bonchev–Trinajstić information content (AvgIpc) is 2.85. The van der Waals surface area contributed by atoms with E-state index in [1.807, 2.05) is 42.5 Å². The van der Waals surface area contributed by atoms with Crippen LogP contribution in [0, 0.1) is 0 Å². The van der Waals surface area contributed by atoms with Crippen molar-refractivity contribution in [1.29, 1.82) is 0 Å². The molecular formula is C17H10ClNO. The molecule has 2 nitrogen and oxygen atoms in total. The van der Waals surface area contributed by atoms with Gasteiger partial charge in [0.05, 0.1) is 0 Å². The number of hydrogen-bond donors (Lipinski definition) is 0. The zero-order valence-corrected chi connectivity index (χ0v) is 11.3. The van der Waals surface area contributed by atoms with Gasteiger partial charge in [-0.15, -0.1) is 0 Å². The van der Waals surface area contributed by atoms with Gasteiger partial charge in [-0.1, -0.05) is 35.9 Å². The first-order chi connectivity index (χ1) is 9.81. The fourth-order valence-corrected chi connectivity index (χ4v) is 2.66. The molecule has 0 aliphatic carbocycles. The van der Waals surface area contributed by atoms with Gasteiger partial charge in [0.25, 0.3) is 0 Å². The van der Waals surface area contributed by atoms with E-state index in [-0.39, 0.29) is 0 Å². The van der Waals surface area contributed by atoms with Crippen LogP contribution < -0.4 is 0 Å². The SMILES string of the molecule is Clc1cc(-c2ccc3oc4ccccc4c3c2)ccn1. The van der Waals surface area contributed by atoms with Crippen molar-refractivity contribution in [2.75, 3.05) is 0 Å². The number of aromatic nitrogens is 1. The third-order valence-electron chi connectivity index (χ3n) is 3.44. The van der Waals surface area contributed by atoms with Gasteiger partial charge in [-0.25, -0.2) is 4.98 Å². The Kier molecular flexibility index (Phi) is 2.51. The first-order valence-corrected chi connectivity index (χ1v) is 6.72. The van der Waals surface area contributed by atoms with Crippen molar-refractivity contribution < 1.29 is 4.42 Å². The Labute approximate surface area is 120 Å². The summed E-state index contributed by atoms with van der Waals surface area (Å²) in [5, 5.41) is 2.75. The Bertz CT molecular complexity index is 926. The molecule has 3 heteroatoms. The predicted molar refractivity (Wildman–Crippen MR) is 82.0 cm³/mol. The maximum Gasteiger partial charge on any atom is 0.135 e. The topological polar surface area (TPSA) is 26.0 Å². The molecule has 0 aliphatic rings. The number of nitrogens with zero attached hydrogens (tertiary/aromatic N) is 1. The Morgan fingerprint density at radius 2 is 1.60 bits per heavy atom. The average molecular weight is 280 g/mol. The molecule has 0 aliphatic heterocycles. The van der Waals surface area contributed by atoms with Crippen molar-refractivity contribution in [2.24, 2.45) is 0 Å². The summed E-state index contributed by atoms with van der Waals surface area (Å²) in [6, 6.07) is 18.0. The standard InChI is InChI=1S/C17H10ClNO/c18-17-10-12(7-8-19-17)11-5-6-16-14(9-11)13-3-1-2-4-15(13)20-16/h1-10H. The molecule has 96 valence electrons. The molecule has 0 amide bonds. The molecule has 4 rings (SSSR count). The van der Waals surface area contributed by atoms with Gasteiger partial charge in [-0.3, -0.25) is 0 Å². The lowest BCUT2D eigenvalue weighted by Crippen LogP contribution is -1.80. The highest BCUT2D eigenvalue weighted by Gasteiger charge is 2.08. The van der Waals surface area contributed by atoms with E-state index >= 15 is 0 Å². The normalized spacial score (nSPS) is 11.2. The Balaban J connectivity index is 2.00. The molecule has 0 atom stereocenters. The second kappa shape index (κ2) is 4.36. The van der Waals surface area contributed by atoms with Crippen LogP contribution in [0.25, 0.3) is 33.1 Å². The summed E-state index contributed by atoms with van der Waals surface area (Å²) in [5.41, 5.74) is 3.97. The van der Waals surface area contributed by atoms with Crippen molar-refractivity contribution in [3.8, 4) is 11.1 Å². The molecule has 0 spiro atoms. The summed E-state index contributed by atoms with van der Waals surface area (Å²) < 4.78 is 5.83. The molecule has 0 N–H and O–H groups in total. The van der Waals surface area contributed by atoms with Crippen LogP contribution in [0.2, 0.25) is 5.15 Å². The minimum Gasteiger partial charge on any atom is -0.456 e. The van der Waals surface area contributed by atoms with Gasteiger partial charge in [0, 0.05) is 17.0 Å². The summed E-state index contributed by atoms with van der Waals surface area (Å²) in [5.74, 6) is 0. The summed E-state index contributed by atoms with van der Waals surface area (Å²) in [7, 11) is 0. The maximum atomic E-state index is 5.96. The van der Waals surface area contributed by atoms with Gasteiger partial charge in [-0.05, 0) is 41.5 Å². The van der Waals surface area contributed by atoms with Crippen molar-refractivity contribution >= 4 is 33.5 Å². The Hall–Kier alpha value is -2.32. The molecule has 0 fully saturated rings. The van der Waals surface area contributed by atoms with Gasteiger partial charge in [-0.2, -0.15) is 0 Å². The molecule has 0 bridgehead atoms. The fourth-order valence-electron chi connectivity index (χ4n) is 2.49. The molecule has 20 heavy (non-hydrogen) atoms. The zero-order chi connectivity index (χ0) is 13.5. The van der Waals surface area contributed by atoms with Crippen LogP contribution in [0.15, 0.2) is 65.2 Å². The highest BCUT2D eigenvalue weighted by molar-refractivity contribution is 6.29. The molecule has 4 aromatic rings. The first-order valence-electron chi connectivity index (χ1n) is 6.34. The number of hydrogen-bond acceptors (Lipinski definition) is 2. The number of rotatable bonds is 1. The van der Waals surface area contributed by atoms with Crippen LogP contribution in [0.3, 0.4) is 0 Å². The van der Waals surface area contributed by atoms with Gasteiger partial charge in [0.1, 0.15) is 16.3 Å². The van der Waals surface area contributed by atoms with Crippen molar-refractivity contribution in [2.45, 2.75) is 0 Å². The van der Waals surface area contributed by atoms with E-state index in [1.54, 1.807) is 6.20 Å². The van der Waals surface area contributed by atoms with Crippen LogP contribution >= 0.6 is 11.6 Å². The molecule has 2 aromatic carbocycles. The number of benzene rings is 2. The van der Waals surface area contributed by atoms with Gasteiger partial charge >= 0.3 is 0 Å². The predicted octanol–water partition coefficient (Wildman–Crippen LogP) is 5.30. The van der Waals surface area contributed by atoms with E-state index < -0.39 is 0 Å². The highest BCUT2D eigenvalue weighted by Crippen LogP contribution is 2.32. The van der Waals surface area contributed by atoms with Crippen LogP contribution in [-0.2, 0) is 0 Å². The van der Waals surface area contributed by atoms with E-state index in [4.69, 9.17) is 16.0 Å². The van der Waals surface area contributed by atoms with Gasteiger partial charge < -0.3 is 4.42 Å². The number of halogens is 1. The number of pyridine rings is 1. The summed E-state index contributed by atoms with van der Waals surface area (Å²) >= 11 is 5.96. The third kappa shape index (κ3) is 1.77. The lowest BCUT2D eigenvalue weighted by atomic mass is 10.0. The van der Waals surface area contributed by atoms with Crippen molar-refractivity contribution in [1.82, 2.24) is 4.98 Å².